The Morgan fingerprint density at radius 2 is 2.18 bits per heavy atom. The summed E-state index contributed by atoms with van der Waals surface area (Å²) in [5.41, 5.74) is 2.03. The van der Waals surface area contributed by atoms with Crippen LogP contribution in [0.5, 0.6) is 5.75 Å². The number of aromatic nitrogens is 2. The summed E-state index contributed by atoms with van der Waals surface area (Å²) in [5, 5.41) is 1.46. The van der Waals surface area contributed by atoms with Crippen molar-refractivity contribution in [3.05, 3.63) is 75.6 Å². The summed E-state index contributed by atoms with van der Waals surface area (Å²) >= 11 is 7.28. The van der Waals surface area contributed by atoms with Gasteiger partial charge in [0.1, 0.15) is 5.75 Å². The first-order chi connectivity index (χ1) is 13.6. The van der Waals surface area contributed by atoms with Crippen molar-refractivity contribution in [2.24, 2.45) is 0 Å². The van der Waals surface area contributed by atoms with Gasteiger partial charge in [-0.25, -0.2) is 4.98 Å². The molecule has 0 N–H and O–H groups in total. The molecule has 0 saturated carbocycles. The lowest BCUT2D eigenvalue weighted by Gasteiger charge is -2.11. The zero-order chi connectivity index (χ0) is 19.7. The fourth-order valence-corrected chi connectivity index (χ4v) is 4.22. The second-order valence-electron chi connectivity index (χ2n) is 6.39. The molecule has 2 heterocycles. The number of Topliss-reactive ketones (excluding diaryl/α,β-unsaturated/α-hetero) is 1. The lowest BCUT2D eigenvalue weighted by Crippen LogP contribution is -2.23. The lowest BCUT2D eigenvalue weighted by atomic mass is 10.1. The summed E-state index contributed by atoms with van der Waals surface area (Å²) in [6, 6.07) is 10.5. The quantitative estimate of drug-likeness (QED) is 0.263. The molecular formula is C21H17ClN2O3S. The first-order valence-corrected chi connectivity index (χ1v) is 10.2. The highest BCUT2D eigenvalue weighted by atomic mass is 35.5. The average molecular weight is 413 g/mol. The third-order valence-corrected chi connectivity index (χ3v) is 5.75. The SMILES string of the molecule is C=CCn1c(SCC(=O)c2ccc3c(c2)CCO3)nc2cc(Cl)ccc2c1=O. The van der Waals surface area contributed by atoms with Crippen LogP contribution in [0.25, 0.3) is 10.9 Å². The number of fused-ring (bicyclic) bond motifs is 2. The number of rotatable bonds is 6. The second kappa shape index (κ2) is 7.81. The van der Waals surface area contributed by atoms with E-state index in [1.54, 1.807) is 30.3 Å². The van der Waals surface area contributed by atoms with E-state index in [0.29, 0.717) is 39.8 Å². The Kier molecular flexibility index (Phi) is 5.24. The molecule has 0 unspecified atom stereocenters. The van der Waals surface area contributed by atoms with Crippen LogP contribution in [0, 0.1) is 0 Å². The Morgan fingerprint density at radius 1 is 1.32 bits per heavy atom. The van der Waals surface area contributed by atoms with Gasteiger partial charge < -0.3 is 4.74 Å². The van der Waals surface area contributed by atoms with Gasteiger partial charge in [0.25, 0.3) is 5.56 Å². The minimum Gasteiger partial charge on any atom is -0.493 e. The Labute approximate surface area is 171 Å². The molecule has 0 spiro atoms. The molecule has 0 saturated heterocycles. The predicted molar refractivity (Wildman–Crippen MR) is 112 cm³/mol. The number of halogens is 1. The van der Waals surface area contributed by atoms with Crippen LogP contribution < -0.4 is 10.3 Å². The molecule has 0 bridgehead atoms. The maximum Gasteiger partial charge on any atom is 0.262 e. The van der Waals surface area contributed by atoms with Crippen LogP contribution in [0.2, 0.25) is 5.02 Å². The van der Waals surface area contributed by atoms with Crippen molar-refractivity contribution in [2.75, 3.05) is 12.4 Å². The van der Waals surface area contributed by atoms with E-state index in [1.807, 2.05) is 12.1 Å². The molecule has 2 aromatic carbocycles. The topological polar surface area (TPSA) is 61.2 Å². The van der Waals surface area contributed by atoms with Gasteiger partial charge in [0, 0.05) is 23.6 Å². The van der Waals surface area contributed by atoms with Gasteiger partial charge in [-0.1, -0.05) is 29.4 Å². The van der Waals surface area contributed by atoms with Crippen LogP contribution in [-0.2, 0) is 13.0 Å². The molecule has 7 heteroatoms. The molecule has 0 aliphatic carbocycles. The van der Waals surface area contributed by atoms with Crippen LogP contribution in [0.3, 0.4) is 0 Å². The minimum absolute atomic E-state index is 0.0229. The predicted octanol–water partition coefficient (Wildman–Crippen LogP) is 4.15. The number of ketones is 1. The van der Waals surface area contributed by atoms with Crippen LogP contribution >= 0.6 is 23.4 Å². The van der Waals surface area contributed by atoms with E-state index in [1.165, 1.54) is 16.3 Å². The molecule has 0 amide bonds. The number of carbonyl (C=O) groups is 1. The first kappa shape index (κ1) is 18.8. The maximum absolute atomic E-state index is 12.8. The summed E-state index contributed by atoms with van der Waals surface area (Å²) < 4.78 is 7.01. The zero-order valence-electron chi connectivity index (χ0n) is 15.0. The van der Waals surface area contributed by atoms with E-state index in [2.05, 4.69) is 11.6 Å². The van der Waals surface area contributed by atoms with Crippen molar-refractivity contribution < 1.29 is 9.53 Å². The molecule has 0 atom stereocenters. The van der Waals surface area contributed by atoms with Crippen molar-refractivity contribution in [3.63, 3.8) is 0 Å². The fourth-order valence-electron chi connectivity index (χ4n) is 3.15. The van der Waals surface area contributed by atoms with Crippen molar-refractivity contribution in [3.8, 4) is 5.75 Å². The van der Waals surface area contributed by atoms with Gasteiger partial charge in [-0.3, -0.25) is 14.2 Å². The Balaban J connectivity index is 1.63. The second-order valence-corrected chi connectivity index (χ2v) is 7.77. The highest BCUT2D eigenvalue weighted by Gasteiger charge is 2.17. The zero-order valence-corrected chi connectivity index (χ0v) is 16.6. The number of allylic oxidation sites excluding steroid dienone is 1. The van der Waals surface area contributed by atoms with E-state index in [0.717, 1.165) is 17.7 Å². The van der Waals surface area contributed by atoms with E-state index in [-0.39, 0.29) is 17.1 Å². The average Bonchev–Trinajstić information content (AvgIpc) is 3.16. The largest absolute Gasteiger partial charge is 0.493 e. The van der Waals surface area contributed by atoms with Gasteiger partial charge in [-0.2, -0.15) is 0 Å². The summed E-state index contributed by atoms with van der Waals surface area (Å²) in [6.07, 6.45) is 2.45. The molecule has 1 aliphatic heterocycles. The first-order valence-electron chi connectivity index (χ1n) is 8.79. The van der Waals surface area contributed by atoms with Crippen molar-refractivity contribution in [1.82, 2.24) is 9.55 Å². The molecule has 3 aromatic rings. The smallest absolute Gasteiger partial charge is 0.262 e. The number of ether oxygens (including phenoxy) is 1. The minimum atomic E-state index is -0.175. The van der Waals surface area contributed by atoms with Gasteiger partial charge >= 0.3 is 0 Å². The Bertz CT molecular complexity index is 1160. The lowest BCUT2D eigenvalue weighted by molar-refractivity contribution is 0.102. The van der Waals surface area contributed by atoms with Gasteiger partial charge in [0.2, 0.25) is 0 Å². The molecular weight excluding hydrogens is 396 g/mol. The standard InChI is InChI=1S/C21H17ClN2O3S/c1-2-8-24-20(26)16-5-4-15(22)11-17(16)23-21(24)28-12-18(25)13-3-6-19-14(10-13)7-9-27-19/h2-6,10-11H,1,7-9,12H2. The summed E-state index contributed by atoms with van der Waals surface area (Å²) in [7, 11) is 0. The number of carbonyl (C=O) groups excluding carboxylic acids is 1. The van der Waals surface area contributed by atoms with E-state index >= 15 is 0 Å². The van der Waals surface area contributed by atoms with Gasteiger partial charge in [-0.15, -0.1) is 6.58 Å². The Hall–Kier alpha value is -2.57. The number of hydrogen-bond acceptors (Lipinski definition) is 5. The molecule has 142 valence electrons. The third kappa shape index (κ3) is 3.57. The molecule has 4 rings (SSSR count). The van der Waals surface area contributed by atoms with Gasteiger partial charge in [-0.05, 0) is 42.0 Å². The Morgan fingerprint density at radius 3 is 3.00 bits per heavy atom. The van der Waals surface area contributed by atoms with E-state index in [9.17, 15) is 9.59 Å². The highest BCUT2D eigenvalue weighted by molar-refractivity contribution is 7.99. The van der Waals surface area contributed by atoms with Crippen molar-refractivity contribution >= 4 is 40.0 Å². The van der Waals surface area contributed by atoms with Gasteiger partial charge in [0.15, 0.2) is 10.9 Å². The number of thioether (sulfide) groups is 1. The third-order valence-electron chi connectivity index (χ3n) is 4.54. The number of hydrogen-bond donors (Lipinski definition) is 0. The van der Waals surface area contributed by atoms with Crippen LogP contribution in [0.15, 0.2) is 59.0 Å². The molecule has 1 aromatic heterocycles. The van der Waals surface area contributed by atoms with E-state index < -0.39 is 0 Å². The monoisotopic (exact) mass is 412 g/mol. The summed E-state index contributed by atoms with van der Waals surface area (Å²) in [6.45, 7) is 4.68. The molecule has 0 radical (unpaired) electrons. The van der Waals surface area contributed by atoms with Crippen LogP contribution in [0.1, 0.15) is 15.9 Å². The van der Waals surface area contributed by atoms with Gasteiger partial charge in [0.05, 0.1) is 23.3 Å². The summed E-state index contributed by atoms with van der Waals surface area (Å²) in [4.78, 5) is 30.0. The number of nitrogens with zero attached hydrogens (tertiary/aromatic N) is 2. The summed E-state index contributed by atoms with van der Waals surface area (Å²) in [5.74, 6) is 0.998. The van der Waals surface area contributed by atoms with Crippen LogP contribution in [-0.4, -0.2) is 27.7 Å². The fraction of sp³-hybridized carbons (Fsp3) is 0.190. The molecule has 1 aliphatic rings. The van der Waals surface area contributed by atoms with Crippen LogP contribution in [0.4, 0.5) is 0 Å². The maximum atomic E-state index is 12.8. The van der Waals surface area contributed by atoms with Crippen molar-refractivity contribution in [2.45, 2.75) is 18.1 Å². The van der Waals surface area contributed by atoms with Crippen molar-refractivity contribution in [1.29, 1.82) is 0 Å². The molecule has 28 heavy (non-hydrogen) atoms. The van der Waals surface area contributed by atoms with E-state index in [4.69, 9.17) is 16.3 Å². The molecule has 0 fully saturated rings. The highest BCUT2D eigenvalue weighted by Crippen LogP contribution is 2.27. The molecule has 5 nitrogen and oxygen atoms in total. The number of benzene rings is 2. The normalized spacial score (nSPS) is 12.6.